The van der Waals surface area contributed by atoms with Crippen molar-refractivity contribution in [2.75, 3.05) is 18.4 Å². The highest BCUT2D eigenvalue weighted by Crippen LogP contribution is 2.23. The highest BCUT2D eigenvalue weighted by molar-refractivity contribution is 7.14. The summed E-state index contributed by atoms with van der Waals surface area (Å²) in [7, 11) is 0. The Morgan fingerprint density at radius 2 is 1.90 bits per heavy atom. The number of ketones is 1. The molecule has 160 valence electrons. The molecule has 2 amide bonds. The molecule has 0 bridgehead atoms. The molecule has 0 saturated carbocycles. The van der Waals surface area contributed by atoms with E-state index in [-0.39, 0.29) is 29.9 Å². The second kappa shape index (κ2) is 9.26. The second-order valence-electron chi connectivity index (χ2n) is 7.55. The molecule has 1 aromatic carbocycles. The van der Waals surface area contributed by atoms with Gasteiger partial charge in [0.2, 0.25) is 5.91 Å². The average Bonchev–Trinajstić information content (AvgIpc) is 3.42. The lowest BCUT2D eigenvalue weighted by molar-refractivity contribution is -0.131. The van der Waals surface area contributed by atoms with E-state index in [9.17, 15) is 14.4 Å². The van der Waals surface area contributed by atoms with Crippen LogP contribution in [0.1, 0.15) is 45.0 Å². The van der Waals surface area contributed by atoms with Gasteiger partial charge in [-0.15, -0.1) is 11.3 Å². The first-order valence-electron chi connectivity index (χ1n) is 10.2. The minimum atomic E-state index is -0.288. The van der Waals surface area contributed by atoms with Gasteiger partial charge >= 0.3 is 0 Å². The smallest absolute Gasteiger partial charge is 0.260 e. The van der Waals surface area contributed by atoms with E-state index in [1.807, 2.05) is 30.3 Å². The number of amides is 2. The van der Waals surface area contributed by atoms with E-state index in [2.05, 4.69) is 10.3 Å². The zero-order valence-electron chi connectivity index (χ0n) is 17.2. The summed E-state index contributed by atoms with van der Waals surface area (Å²) in [4.78, 5) is 43.7. The summed E-state index contributed by atoms with van der Waals surface area (Å²) in [6, 6.07) is 10.9. The summed E-state index contributed by atoms with van der Waals surface area (Å²) in [6.45, 7) is 2.85. The van der Waals surface area contributed by atoms with Crippen LogP contribution < -0.4 is 5.32 Å². The number of likely N-dealkylation sites (tertiary alicyclic amines) is 1. The summed E-state index contributed by atoms with van der Waals surface area (Å²) in [5, 5.41) is 4.96. The van der Waals surface area contributed by atoms with Gasteiger partial charge in [-0.25, -0.2) is 4.98 Å². The maximum Gasteiger partial charge on any atom is 0.260 e. The number of nitrogens with zero attached hydrogens (tertiary/aromatic N) is 2. The first kappa shape index (κ1) is 21.0. The number of anilines is 1. The van der Waals surface area contributed by atoms with E-state index in [1.54, 1.807) is 23.3 Å². The monoisotopic (exact) mass is 437 g/mol. The van der Waals surface area contributed by atoms with Crippen molar-refractivity contribution in [3.05, 3.63) is 70.6 Å². The second-order valence-corrected chi connectivity index (χ2v) is 8.41. The number of hydrogen-bond acceptors (Lipinski definition) is 6. The third-order valence-corrected chi connectivity index (χ3v) is 6.29. The molecular formula is C23H23N3O4S. The fourth-order valence-corrected chi connectivity index (χ4v) is 4.43. The van der Waals surface area contributed by atoms with E-state index in [0.717, 1.165) is 5.56 Å². The molecule has 1 fully saturated rings. The van der Waals surface area contributed by atoms with Crippen molar-refractivity contribution < 1.29 is 18.8 Å². The van der Waals surface area contributed by atoms with Crippen LogP contribution in [0.4, 0.5) is 5.13 Å². The predicted molar refractivity (Wildman–Crippen MR) is 117 cm³/mol. The minimum Gasteiger partial charge on any atom is -0.469 e. The van der Waals surface area contributed by atoms with E-state index in [4.69, 9.17) is 4.42 Å². The van der Waals surface area contributed by atoms with Crippen LogP contribution in [0.3, 0.4) is 0 Å². The molecule has 0 radical (unpaired) electrons. The minimum absolute atomic E-state index is 0.0144. The van der Waals surface area contributed by atoms with Crippen molar-refractivity contribution in [2.24, 2.45) is 5.92 Å². The Balaban J connectivity index is 1.28. The molecule has 1 aliphatic rings. The quantitative estimate of drug-likeness (QED) is 0.589. The summed E-state index contributed by atoms with van der Waals surface area (Å²) >= 11 is 1.28. The lowest BCUT2D eigenvalue weighted by Gasteiger charge is -2.31. The summed E-state index contributed by atoms with van der Waals surface area (Å²) in [5.41, 5.74) is 1.81. The number of aryl methyl sites for hydroxylation is 1. The summed E-state index contributed by atoms with van der Waals surface area (Å²) < 4.78 is 5.15. The van der Waals surface area contributed by atoms with Crippen molar-refractivity contribution in [3.63, 3.8) is 0 Å². The zero-order valence-corrected chi connectivity index (χ0v) is 18.0. The SMILES string of the molecule is Cc1occc1C(=O)Nc1nc(CC(=O)N2CCC(C(=O)c3ccccc3)CC2)cs1. The van der Waals surface area contributed by atoms with Crippen LogP contribution in [-0.2, 0) is 11.2 Å². The number of hydrogen-bond donors (Lipinski definition) is 1. The van der Waals surface area contributed by atoms with E-state index >= 15 is 0 Å². The molecule has 1 N–H and O–H groups in total. The Morgan fingerprint density at radius 3 is 2.58 bits per heavy atom. The number of rotatable bonds is 6. The Labute approximate surface area is 184 Å². The zero-order chi connectivity index (χ0) is 21.8. The molecule has 0 atom stereocenters. The van der Waals surface area contributed by atoms with Crippen LogP contribution in [0.5, 0.6) is 0 Å². The fraction of sp³-hybridized carbons (Fsp3) is 0.304. The lowest BCUT2D eigenvalue weighted by atomic mass is 9.89. The van der Waals surface area contributed by atoms with E-state index < -0.39 is 0 Å². The van der Waals surface area contributed by atoms with Crippen LogP contribution in [0, 0.1) is 12.8 Å². The number of carbonyl (C=O) groups excluding carboxylic acids is 3. The largest absolute Gasteiger partial charge is 0.469 e. The topological polar surface area (TPSA) is 92.5 Å². The van der Waals surface area contributed by atoms with Crippen molar-refractivity contribution in [3.8, 4) is 0 Å². The number of carbonyl (C=O) groups is 3. The molecule has 7 nitrogen and oxygen atoms in total. The van der Waals surface area contributed by atoms with Gasteiger partial charge in [0, 0.05) is 30.0 Å². The number of furan rings is 1. The molecule has 8 heteroatoms. The van der Waals surface area contributed by atoms with Gasteiger partial charge in [0.25, 0.3) is 5.91 Å². The van der Waals surface area contributed by atoms with Crippen molar-refractivity contribution >= 4 is 34.1 Å². The van der Waals surface area contributed by atoms with Crippen molar-refractivity contribution in [1.82, 2.24) is 9.88 Å². The van der Waals surface area contributed by atoms with E-state index in [1.165, 1.54) is 17.6 Å². The lowest BCUT2D eigenvalue weighted by Crippen LogP contribution is -2.41. The number of thiazole rings is 1. The van der Waals surface area contributed by atoms with Gasteiger partial charge in [0.05, 0.1) is 23.9 Å². The van der Waals surface area contributed by atoms with Crippen molar-refractivity contribution in [1.29, 1.82) is 0 Å². The molecule has 4 rings (SSSR count). The van der Waals surface area contributed by atoms with Crippen LogP contribution in [0.15, 0.2) is 52.5 Å². The highest BCUT2D eigenvalue weighted by Gasteiger charge is 2.28. The first-order valence-corrected chi connectivity index (χ1v) is 11.1. The standard InChI is InChI=1S/C23H23N3O4S/c1-15-19(9-12-30-15)22(29)25-23-24-18(14-31-23)13-20(27)26-10-7-17(8-11-26)21(28)16-5-3-2-4-6-16/h2-6,9,12,14,17H,7-8,10-11,13H2,1H3,(H,24,25,29). The molecule has 3 aromatic rings. The Kier molecular flexibility index (Phi) is 6.27. The maximum absolute atomic E-state index is 12.7. The number of nitrogens with one attached hydrogen (secondary N) is 1. The molecule has 1 saturated heterocycles. The Hall–Kier alpha value is -3.26. The molecule has 1 aliphatic heterocycles. The van der Waals surface area contributed by atoms with Gasteiger partial charge in [0.1, 0.15) is 5.76 Å². The molecule has 2 aromatic heterocycles. The number of piperidine rings is 1. The van der Waals surface area contributed by atoms with Crippen LogP contribution in [-0.4, -0.2) is 40.6 Å². The van der Waals surface area contributed by atoms with Crippen LogP contribution >= 0.6 is 11.3 Å². The first-order chi connectivity index (χ1) is 15.0. The van der Waals surface area contributed by atoms with Gasteiger partial charge in [-0.3, -0.25) is 19.7 Å². The molecular weight excluding hydrogens is 414 g/mol. The highest BCUT2D eigenvalue weighted by atomic mass is 32.1. The fourth-order valence-electron chi connectivity index (χ4n) is 3.73. The van der Waals surface area contributed by atoms with Gasteiger partial charge < -0.3 is 9.32 Å². The van der Waals surface area contributed by atoms with Crippen LogP contribution in [0.25, 0.3) is 0 Å². The number of Topliss-reactive ketones (excluding diaryl/α,β-unsaturated/α-hetero) is 1. The van der Waals surface area contributed by atoms with E-state index in [0.29, 0.717) is 48.1 Å². The van der Waals surface area contributed by atoms with Gasteiger partial charge in [0.15, 0.2) is 10.9 Å². The van der Waals surface area contributed by atoms with Crippen LogP contribution in [0.2, 0.25) is 0 Å². The van der Waals surface area contributed by atoms with Gasteiger partial charge in [-0.05, 0) is 25.8 Å². The molecule has 0 unspecified atom stereocenters. The predicted octanol–water partition coefficient (Wildman–Crippen LogP) is 3.96. The molecule has 0 spiro atoms. The Morgan fingerprint density at radius 1 is 1.16 bits per heavy atom. The van der Waals surface area contributed by atoms with Gasteiger partial charge in [-0.1, -0.05) is 30.3 Å². The third kappa shape index (κ3) is 4.91. The summed E-state index contributed by atoms with van der Waals surface area (Å²) in [5.74, 6) is 0.348. The molecule has 31 heavy (non-hydrogen) atoms. The van der Waals surface area contributed by atoms with Gasteiger partial charge in [-0.2, -0.15) is 0 Å². The molecule has 0 aliphatic carbocycles. The Bertz CT molecular complexity index is 1080. The normalized spacial score (nSPS) is 14.4. The van der Waals surface area contributed by atoms with Crippen molar-refractivity contribution in [2.45, 2.75) is 26.2 Å². The maximum atomic E-state index is 12.7. The number of aromatic nitrogens is 1. The summed E-state index contributed by atoms with van der Waals surface area (Å²) in [6.07, 6.45) is 2.98. The number of benzene rings is 1. The molecule has 3 heterocycles. The third-order valence-electron chi connectivity index (χ3n) is 5.48. The average molecular weight is 438 g/mol.